The van der Waals surface area contributed by atoms with Crippen molar-refractivity contribution in [2.45, 2.75) is 32.7 Å². The molecule has 0 radical (unpaired) electrons. The first-order valence-corrected chi connectivity index (χ1v) is 7.99. The summed E-state index contributed by atoms with van der Waals surface area (Å²) in [5, 5.41) is 14.9. The topological polar surface area (TPSA) is 70.7 Å². The third-order valence-electron chi connectivity index (χ3n) is 3.66. The van der Waals surface area contributed by atoms with E-state index in [1.54, 1.807) is 23.6 Å². The van der Waals surface area contributed by atoms with Crippen LogP contribution in [0.2, 0.25) is 0 Å². The number of rotatable bonds is 4. The molecular weight excluding hydrogens is 296 g/mol. The van der Waals surface area contributed by atoms with Crippen molar-refractivity contribution in [2.24, 2.45) is 0 Å². The highest BCUT2D eigenvalue weighted by molar-refractivity contribution is 7.12. The van der Waals surface area contributed by atoms with Crippen LogP contribution in [0.25, 0.3) is 11.2 Å². The second-order valence-corrected chi connectivity index (χ2v) is 6.27. The van der Waals surface area contributed by atoms with E-state index >= 15 is 0 Å². The minimum absolute atomic E-state index is 0.145. The highest BCUT2D eigenvalue weighted by Crippen LogP contribution is 2.24. The van der Waals surface area contributed by atoms with Gasteiger partial charge >= 0.3 is 0 Å². The second kappa shape index (κ2) is 5.78. The van der Waals surface area contributed by atoms with E-state index in [1.165, 1.54) is 0 Å². The van der Waals surface area contributed by atoms with Crippen LogP contribution in [0.5, 0.6) is 0 Å². The first kappa shape index (κ1) is 14.5. The van der Waals surface area contributed by atoms with E-state index < -0.39 is 0 Å². The molecule has 1 aliphatic carbocycles. The highest BCUT2D eigenvalue weighted by Gasteiger charge is 2.25. The molecule has 5 nitrogen and oxygen atoms in total. The first-order valence-electron chi connectivity index (χ1n) is 7.11. The Hall–Kier alpha value is -2.39. The lowest BCUT2D eigenvalue weighted by molar-refractivity contribution is -0.117. The van der Waals surface area contributed by atoms with Crippen molar-refractivity contribution in [3.8, 4) is 11.2 Å². The van der Waals surface area contributed by atoms with E-state index in [-0.39, 0.29) is 17.5 Å². The number of carbonyl (C=O) groups is 1. The van der Waals surface area contributed by atoms with E-state index in [0.29, 0.717) is 0 Å². The number of nitrogens with one attached hydrogen (secondary N) is 1. The monoisotopic (exact) mass is 312 g/mol. The van der Waals surface area contributed by atoms with Gasteiger partial charge < -0.3 is 5.32 Å². The molecule has 1 N–H and O–H groups in total. The normalized spacial score (nSPS) is 14.7. The molecule has 0 unspecified atom stereocenters. The fourth-order valence-electron chi connectivity index (χ4n) is 2.35. The smallest absolute Gasteiger partial charge is 0.262 e. The number of nitrogens with zero attached hydrogens (tertiary/aromatic N) is 3. The molecule has 2 aromatic heterocycles. The Morgan fingerprint density at radius 2 is 2.32 bits per heavy atom. The summed E-state index contributed by atoms with van der Waals surface area (Å²) in [6.07, 6.45) is 5.42. The maximum Gasteiger partial charge on any atom is 0.262 e. The van der Waals surface area contributed by atoms with E-state index in [2.05, 4.69) is 10.3 Å². The average Bonchev–Trinajstić information content (AvgIpc) is 3.05. The number of thiazole rings is 1. The molecule has 3 rings (SSSR count). The Morgan fingerprint density at radius 1 is 1.55 bits per heavy atom. The van der Waals surface area contributed by atoms with Crippen LogP contribution in [-0.4, -0.2) is 21.5 Å². The molecule has 22 heavy (non-hydrogen) atoms. The van der Waals surface area contributed by atoms with Gasteiger partial charge in [-0.05, 0) is 44.4 Å². The minimum atomic E-state index is -0.288. The number of aromatic nitrogens is 2. The predicted molar refractivity (Wildman–Crippen MR) is 85.7 cm³/mol. The Balaban J connectivity index is 1.94. The van der Waals surface area contributed by atoms with Crippen molar-refractivity contribution in [2.75, 3.05) is 0 Å². The van der Waals surface area contributed by atoms with Gasteiger partial charge in [-0.1, -0.05) is 0 Å². The lowest BCUT2D eigenvalue weighted by atomic mass is 10.1. The summed E-state index contributed by atoms with van der Waals surface area (Å²) in [6.45, 7) is 3.95. The standard InChI is InChI=1S/C16H16N4OS/c1-10-7-12(11(2)20(10)16-18-5-6-22-16)8-13(9-17)15(21)19-14-3-4-14/h5-8,14H,3-4H2,1-2H3,(H,19,21)/b13-8+. The van der Waals surface area contributed by atoms with Crippen molar-refractivity contribution >= 4 is 23.3 Å². The molecular formula is C16H16N4OS. The highest BCUT2D eigenvalue weighted by atomic mass is 32.1. The number of hydrogen-bond donors (Lipinski definition) is 1. The maximum absolute atomic E-state index is 12.0. The molecule has 1 fully saturated rings. The molecule has 1 saturated carbocycles. The summed E-state index contributed by atoms with van der Waals surface area (Å²) < 4.78 is 2.03. The molecule has 6 heteroatoms. The van der Waals surface area contributed by atoms with Gasteiger partial charge in [-0.2, -0.15) is 5.26 Å². The largest absolute Gasteiger partial charge is 0.349 e. The zero-order valence-corrected chi connectivity index (χ0v) is 13.3. The molecule has 0 bridgehead atoms. The quantitative estimate of drug-likeness (QED) is 0.697. The third kappa shape index (κ3) is 2.81. The number of hydrogen-bond acceptors (Lipinski definition) is 4. The molecule has 1 aliphatic rings. The van der Waals surface area contributed by atoms with Crippen LogP contribution in [-0.2, 0) is 4.79 Å². The van der Waals surface area contributed by atoms with Crippen molar-refractivity contribution in [3.05, 3.63) is 40.2 Å². The predicted octanol–water partition coefficient (Wildman–Crippen LogP) is 2.74. The number of carbonyl (C=O) groups excluding carboxylic acids is 1. The maximum atomic E-state index is 12.0. The zero-order chi connectivity index (χ0) is 15.7. The van der Waals surface area contributed by atoms with Gasteiger partial charge in [0.2, 0.25) is 0 Å². The van der Waals surface area contributed by atoms with Gasteiger partial charge in [0, 0.05) is 29.0 Å². The summed E-state index contributed by atoms with van der Waals surface area (Å²) in [5.41, 5.74) is 3.01. The van der Waals surface area contributed by atoms with Crippen molar-refractivity contribution < 1.29 is 4.79 Å². The van der Waals surface area contributed by atoms with Gasteiger partial charge in [-0.15, -0.1) is 11.3 Å². The number of nitriles is 1. The number of amides is 1. The summed E-state index contributed by atoms with van der Waals surface area (Å²) in [7, 11) is 0. The fraction of sp³-hybridized carbons (Fsp3) is 0.312. The third-order valence-corrected chi connectivity index (χ3v) is 4.41. The van der Waals surface area contributed by atoms with Crippen LogP contribution in [0.3, 0.4) is 0 Å². The SMILES string of the molecule is Cc1cc(/C=C(\C#N)C(=O)NC2CC2)c(C)n1-c1nccs1. The lowest BCUT2D eigenvalue weighted by Crippen LogP contribution is -2.26. The molecule has 2 aromatic rings. The molecule has 1 amide bonds. The van der Waals surface area contributed by atoms with E-state index in [1.807, 2.05) is 35.9 Å². The first-order chi connectivity index (χ1) is 10.6. The average molecular weight is 312 g/mol. The summed E-state index contributed by atoms with van der Waals surface area (Å²) >= 11 is 1.55. The van der Waals surface area contributed by atoms with Crippen LogP contribution in [0, 0.1) is 25.2 Å². The van der Waals surface area contributed by atoms with Crippen molar-refractivity contribution in [1.29, 1.82) is 5.26 Å². The van der Waals surface area contributed by atoms with Gasteiger partial charge in [0.1, 0.15) is 11.6 Å². The number of aryl methyl sites for hydroxylation is 1. The molecule has 0 aromatic carbocycles. The summed E-state index contributed by atoms with van der Waals surface area (Å²) in [4.78, 5) is 16.4. The van der Waals surface area contributed by atoms with Crippen LogP contribution >= 0.6 is 11.3 Å². The second-order valence-electron chi connectivity index (χ2n) is 5.39. The van der Waals surface area contributed by atoms with Crippen molar-refractivity contribution in [1.82, 2.24) is 14.9 Å². The van der Waals surface area contributed by atoms with Gasteiger partial charge in [-0.3, -0.25) is 9.36 Å². The van der Waals surface area contributed by atoms with E-state index in [0.717, 1.165) is 34.9 Å². The Kier molecular flexibility index (Phi) is 3.82. The van der Waals surface area contributed by atoms with E-state index in [9.17, 15) is 10.1 Å². The Morgan fingerprint density at radius 3 is 2.91 bits per heavy atom. The summed E-state index contributed by atoms with van der Waals surface area (Å²) in [6, 6.07) is 4.21. The molecule has 112 valence electrons. The molecule has 0 saturated heterocycles. The van der Waals surface area contributed by atoms with Gasteiger partial charge in [0.05, 0.1) is 0 Å². The van der Waals surface area contributed by atoms with E-state index in [4.69, 9.17) is 0 Å². The van der Waals surface area contributed by atoms with Crippen LogP contribution in [0.15, 0.2) is 23.2 Å². The van der Waals surface area contributed by atoms with Gasteiger partial charge in [0.25, 0.3) is 5.91 Å². The van der Waals surface area contributed by atoms with Crippen LogP contribution in [0.4, 0.5) is 0 Å². The fourth-order valence-corrected chi connectivity index (χ4v) is 3.10. The molecule has 0 spiro atoms. The van der Waals surface area contributed by atoms with Gasteiger partial charge in [0.15, 0.2) is 5.13 Å². The van der Waals surface area contributed by atoms with Crippen LogP contribution in [0.1, 0.15) is 29.8 Å². The molecule has 0 atom stereocenters. The Labute approximate surface area is 132 Å². The molecule has 2 heterocycles. The van der Waals surface area contributed by atoms with Gasteiger partial charge in [-0.25, -0.2) is 4.98 Å². The minimum Gasteiger partial charge on any atom is -0.349 e. The molecule has 0 aliphatic heterocycles. The van der Waals surface area contributed by atoms with Crippen molar-refractivity contribution in [3.63, 3.8) is 0 Å². The lowest BCUT2D eigenvalue weighted by Gasteiger charge is -2.05. The Bertz CT molecular complexity index is 776. The van der Waals surface area contributed by atoms with Crippen LogP contribution < -0.4 is 5.32 Å². The zero-order valence-electron chi connectivity index (χ0n) is 12.5. The summed E-state index contributed by atoms with van der Waals surface area (Å²) in [5.74, 6) is -0.288.